The minimum Gasteiger partial charge on any atom is -0.310 e. The molecule has 0 aliphatic rings. The summed E-state index contributed by atoms with van der Waals surface area (Å²) in [5, 5.41) is 5.68. The van der Waals surface area contributed by atoms with E-state index in [2.05, 4.69) is 198 Å². The lowest BCUT2D eigenvalue weighted by Gasteiger charge is -2.26. The highest BCUT2D eigenvalue weighted by atomic mass is 35.5. The van der Waals surface area contributed by atoms with Gasteiger partial charge in [0.2, 0.25) is 0 Å². The Bertz CT molecular complexity index is 2890. The van der Waals surface area contributed by atoms with Gasteiger partial charge in [-0.05, 0) is 89.5 Å². The second kappa shape index (κ2) is 12.6. The Morgan fingerprint density at radius 1 is 0.462 bits per heavy atom. The molecule has 0 radical (unpaired) electrons. The number of para-hydroxylation sites is 3. The molecule has 0 saturated heterocycles. The topological polar surface area (TPSA) is 8.17 Å². The van der Waals surface area contributed by atoms with Gasteiger partial charge < -0.3 is 9.47 Å². The van der Waals surface area contributed by atoms with E-state index < -0.39 is 0 Å². The molecule has 0 spiro atoms. The summed E-state index contributed by atoms with van der Waals surface area (Å²) in [6, 6.07) is 67.0. The van der Waals surface area contributed by atoms with Gasteiger partial charge in [-0.25, -0.2) is 0 Å². The number of halogens is 1. The summed E-state index contributed by atoms with van der Waals surface area (Å²) in [7, 11) is 0. The van der Waals surface area contributed by atoms with E-state index in [1.54, 1.807) is 0 Å². The molecule has 0 atom stereocenters. The van der Waals surface area contributed by atoms with Crippen molar-refractivity contribution in [3.63, 3.8) is 0 Å². The Kier molecular flexibility index (Phi) is 7.42. The van der Waals surface area contributed by atoms with Crippen molar-refractivity contribution in [2.75, 3.05) is 4.90 Å². The molecule has 0 aliphatic heterocycles. The van der Waals surface area contributed by atoms with Gasteiger partial charge in [0.25, 0.3) is 0 Å². The van der Waals surface area contributed by atoms with E-state index in [-0.39, 0.29) is 0 Å². The monoisotopic (exact) mass is 702 g/mol. The van der Waals surface area contributed by atoms with Crippen LogP contribution >= 0.6 is 22.9 Å². The molecule has 2 aromatic heterocycles. The van der Waals surface area contributed by atoms with Crippen molar-refractivity contribution in [1.82, 2.24) is 4.57 Å². The molecule has 10 rings (SSSR count). The number of fused-ring (bicyclic) bond motifs is 7. The van der Waals surface area contributed by atoms with Crippen LogP contribution in [0.15, 0.2) is 188 Å². The molecule has 246 valence electrons. The van der Waals surface area contributed by atoms with E-state index in [4.69, 9.17) is 11.6 Å². The average molecular weight is 703 g/mol. The smallest absolute Gasteiger partial charge is 0.0634 e. The lowest BCUT2D eigenvalue weighted by molar-refractivity contribution is 1.19. The first-order valence-corrected chi connectivity index (χ1v) is 18.7. The molecule has 0 saturated carbocycles. The molecule has 10 aromatic rings. The molecule has 0 bridgehead atoms. The third-order valence-corrected chi connectivity index (χ3v) is 11.4. The third-order valence-electron chi connectivity index (χ3n) is 9.99. The largest absolute Gasteiger partial charge is 0.310 e. The quantitative estimate of drug-likeness (QED) is 0.167. The van der Waals surface area contributed by atoms with Crippen molar-refractivity contribution in [2.24, 2.45) is 0 Å². The Labute approximate surface area is 311 Å². The van der Waals surface area contributed by atoms with Gasteiger partial charge in [0, 0.05) is 64.3 Å². The summed E-state index contributed by atoms with van der Waals surface area (Å²) in [5.74, 6) is 0. The predicted molar refractivity (Wildman–Crippen MR) is 224 cm³/mol. The van der Waals surface area contributed by atoms with Gasteiger partial charge in [0.15, 0.2) is 0 Å². The fourth-order valence-electron chi connectivity index (χ4n) is 7.71. The Morgan fingerprint density at radius 2 is 1.08 bits per heavy atom. The highest BCUT2D eigenvalue weighted by Crippen LogP contribution is 2.49. The minimum atomic E-state index is 0.690. The van der Waals surface area contributed by atoms with Crippen LogP contribution in [0.2, 0.25) is 5.02 Å². The standard InChI is InChI=1S/C48H31ClN2S/c49-35-28-34(29-39(30-35)50(36-16-6-2-7-17-36)38-26-24-33(25-27-38)32-14-4-1-5-15-32)42-31-43-40-20-10-12-22-44(40)51(37-18-8-3-9-19-37)47(43)46-41-21-11-13-23-45(41)52-48(42)46/h1-31H. The molecular weight excluding hydrogens is 672 g/mol. The van der Waals surface area contributed by atoms with Crippen LogP contribution in [0.3, 0.4) is 0 Å². The minimum absolute atomic E-state index is 0.690. The molecule has 8 aromatic carbocycles. The second-order valence-electron chi connectivity index (χ2n) is 13.1. The van der Waals surface area contributed by atoms with Gasteiger partial charge in [-0.15, -0.1) is 11.3 Å². The van der Waals surface area contributed by atoms with Crippen molar-refractivity contribution in [3.8, 4) is 27.9 Å². The first-order valence-electron chi connectivity index (χ1n) is 17.5. The summed E-state index contributed by atoms with van der Waals surface area (Å²) in [6.45, 7) is 0. The van der Waals surface area contributed by atoms with Crippen molar-refractivity contribution in [3.05, 3.63) is 193 Å². The molecule has 0 fully saturated rings. The highest BCUT2D eigenvalue weighted by Gasteiger charge is 2.22. The third kappa shape index (κ3) is 5.09. The van der Waals surface area contributed by atoms with E-state index in [0.29, 0.717) is 5.02 Å². The predicted octanol–water partition coefficient (Wildman–Crippen LogP) is 14.6. The number of hydrogen-bond acceptors (Lipinski definition) is 2. The Morgan fingerprint density at radius 3 is 1.85 bits per heavy atom. The van der Waals surface area contributed by atoms with Crippen LogP contribution in [0.4, 0.5) is 17.1 Å². The van der Waals surface area contributed by atoms with E-state index in [1.807, 2.05) is 11.3 Å². The Hall–Kier alpha value is -6.13. The Balaban J connectivity index is 1.23. The molecule has 4 heteroatoms. The first kappa shape index (κ1) is 30.7. The summed E-state index contributed by atoms with van der Waals surface area (Å²) >= 11 is 8.98. The molecule has 0 N–H and O–H groups in total. The van der Waals surface area contributed by atoms with Crippen LogP contribution in [-0.2, 0) is 0 Å². The summed E-state index contributed by atoms with van der Waals surface area (Å²) in [4.78, 5) is 2.30. The van der Waals surface area contributed by atoms with Crippen LogP contribution in [-0.4, -0.2) is 4.57 Å². The highest BCUT2D eigenvalue weighted by molar-refractivity contribution is 7.26. The van der Waals surface area contributed by atoms with Crippen molar-refractivity contribution in [1.29, 1.82) is 0 Å². The van der Waals surface area contributed by atoms with Crippen LogP contribution in [0.25, 0.3) is 69.9 Å². The van der Waals surface area contributed by atoms with Crippen LogP contribution in [0.1, 0.15) is 0 Å². The van der Waals surface area contributed by atoms with Crippen LogP contribution in [0.5, 0.6) is 0 Å². The fourth-order valence-corrected chi connectivity index (χ4v) is 9.19. The van der Waals surface area contributed by atoms with Crippen molar-refractivity contribution >= 4 is 82.0 Å². The van der Waals surface area contributed by atoms with Crippen LogP contribution < -0.4 is 4.90 Å². The van der Waals surface area contributed by atoms with Crippen LogP contribution in [0, 0.1) is 0 Å². The molecule has 0 amide bonds. The van der Waals surface area contributed by atoms with Gasteiger partial charge in [0.05, 0.1) is 11.0 Å². The zero-order valence-corrected chi connectivity index (χ0v) is 29.7. The van der Waals surface area contributed by atoms with E-state index >= 15 is 0 Å². The molecule has 2 heterocycles. The van der Waals surface area contributed by atoms with Gasteiger partial charge in [0.1, 0.15) is 0 Å². The number of thiophene rings is 1. The second-order valence-corrected chi connectivity index (χ2v) is 14.6. The summed E-state index contributed by atoms with van der Waals surface area (Å²) in [6.07, 6.45) is 0. The molecule has 0 unspecified atom stereocenters. The van der Waals surface area contributed by atoms with E-state index in [9.17, 15) is 0 Å². The maximum absolute atomic E-state index is 7.12. The number of benzene rings is 8. The number of hydrogen-bond donors (Lipinski definition) is 0. The van der Waals surface area contributed by atoms with Gasteiger partial charge in [-0.1, -0.05) is 127 Å². The molecular formula is C48H31ClN2S. The number of anilines is 3. The molecule has 52 heavy (non-hydrogen) atoms. The average Bonchev–Trinajstić information content (AvgIpc) is 3.75. The van der Waals surface area contributed by atoms with E-state index in [1.165, 1.54) is 58.7 Å². The SMILES string of the molecule is Clc1cc(-c2cc3c4ccccc4n(-c4ccccc4)c3c3c2sc2ccccc23)cc(N(c2ccccc2)c2ccc(-c3ccccc3)cc2)c1. The normalized spacial score (nSPS) is 11.6. The summed E-state index contributed by atoms with van der Waals surface area (Å²) < 4.78 is 4.96. The number of aromatic nitrogens is 1. The zero-order chi connectivity index (χ0) is 34.6. The van der Waals surface area contributed by atoms with Gasteiger partial charge in [-0.2, -0.15) is 0 Å². The maximum Gasteiger partial charge on any atom is 0.0634 e. The fraction of sp³-hybridized carbons (Fsp3) is 0. The number of rotatable bonds is 6. The maximum atomic E-state index is 7.12. The van der Waals surface area contributed by atoms with Crippen molar-refractivity contribution < 1.29 is 0 Å². The first-order chi connectivity index (χ1) is 25.7. The zero-order valence-electron chi connectivity index (χ0n) is 28.1. The van der Waals surface area contributed by atoms with Gasteiger partial charge >= 0.3 is 0 Å². The summed E-state index contributed by atoms with van der Waals surface area (Å²) in [5.41, 5.74) is 11.3. The van der Waals surface area contributed by atoms with Crippen molar-refractivity contribution in [2.45, 2.75) is 0 Å². The van der Waals surface area contributed by atoms with Gasteiger partial charge in [-0.3, -0.25) is 0 Å². The lowest BCUT2D eigenvalue weighted by Crippen LogP contribution is -2.10. The van der Waals surface area contributed by atoms with E-state index in [0.717, 1.165) is 28.3 Å². The lowest BCUT2D eigenvalue weighted by atomic mass is 9.98. The molecule has 2 nitrogen and oxygen atoms in total. The number of nitrogens with zero attached hydrogens (tertiary/aromatic N) is 2. The molecule has 0 aliphatic carbocycles.